The Bertz CT molecular complexity index is 435. The van der Waals surface area contributed by atoms with Gasteiger partial charge in [-0.25, -0.2) is 4.79 Å². The van der Waals surface area contributed by atoms with Gasteiger partial charge in [0.1, 0.15) is 5.60 Å². The van der Waals surface area contributed by atoms with Gasteiger partial charge in [-0.2, -0.15) is 0 Å². The summed E-state index contributed by atoms with van der Waals surface area (Å²) in [7, 11) is 0. The van der Waals surface area contributed by atoms with Gasteiger partial charge >= 0.3 is 6.09 Å². The van der Waals surface area contributed by atoms with E-state index in [2.05, 4.69) is 24.4 Å². The molecule has 1 amide bonds. The molecule has 0 aliphatic heterocycles. The number of anilines is 1. The Morgan fingerprint density at radius 3 is 2.43 bits per heavy atom. The third-order valence-electron chi connectivity index (χ3n) is 3.30. The summed E-state index contributed by atoms with van der Waals surface area (Å²) in [6, 6.07) is 8.00. The maximum atomic E-state index is 11.6. The van der Waals surface area contributed by atoms with Crippen molar-refractivity contribution in [2.45, 2.75) is 52.6 Å². The summed E-state index contributed by atoms with van der Waals surface area (Å²) < 4.78 is 5.22. The van der Waals surface area contributed by atoms with Crippen LogP contribution >= 0.6 is 0 Å². The molecule has 3 N–H and O–H groups in total. The second kappa shape index (κ2) is 7.91. The molecule has 1 unspecified atom stereocenters. The van der Waals surface area contributed by atoms with Crippen molar-refractivity contribution in [3.63, 3.8) is 0 Å². The Morgan fingerprint density at radius 1 is 1.29 bits per heavy atom. The van der Waals surface area contributed by atoms with E-state index in [9.17, 15) is 4.79 Å². The predicted octanol–water partition coefficient (Wildman–Crippen LogP) is 3.75. The van der Waals surface area contributed by atoms with Gasteiger partial charge in [0.15, 0.2) is 0 Å². The maximum Gasteiger partial charge on any atom is 0.407 e. The molecule has 0 heterocycles. The minimum absolute atomic E-state index is 0.343. The van der Waals surface area contributed by atoms with Gasteiger partial charge in [-0.3, -0.25) is 0 Å². The first kappa shape index (κ1) is 17.3. The van der Waals surface area contributed by atoms with Crippen LogP contribution in [-0.2, 0) is 11.2 Å². The summed E-state index contributed by atoms with van der Waals surface area (Å²) in [5, 5.41) is 2.82. The average molecular weight is 292 g/mol. The molecule has 0 aliphatic carbocycles. The van der Waals surface area contributed by atoms with Crippen molar-refractivity contribution in [3.05, 3.63) is 29.8 Å². The van der Waals surface area contributed by atoms with Gasteiger partial charge in [-0.15, -0.1) is 0 Å². The standard InChI is InChI=1S/C17H28N2O2/c1-5-13(12-14-6-8-15(18)9-7-14)10-11-19-16(20)21-17(2,3)4/h6-9,13H,5,10-12,18H2,1-4H3,(H,19,20). The number of carbonyl (C=O) groups is 1. The second-order valence-corrected chi connectivity index (χ2v) is 6.44. The zero-order valence-corrected chi connectivity index (χ0v) is 13.6. The lowest BCUT2D eigenvalue weighted by Crippen LogP contribution is -2.33. The molecule has 4 nitrogen and oxygen atoms in total. The van der Waals surface area contributed by atoms with Crippen LogP contribution < -0.4 is 11.1 Å². The van der Waals surface area contributed by atoms with Gasteiger partial charge in [-0.1, -0.05) is 25.5 Å². The molecule has 1 atom stereocenters. The number of amides is 1. The molecule has 1 aromatic rings. The molecular weight excluding hydrogens is 264 g/mol. The summed E-state index contributed by atoms with van der Waals surface area (Å²) >= 11 is 0. The minimum atomic E-state index is -0.446. The number of ether oxygens (including phenoxy) is 1. The molecule has 0 saturated heterocycles. The van der Waals surface area contributed by atoms with Crippen LogP contribution in [0.1, 0.15) is 46.1 Å². The quantitative estimate of drug-likeness (QED) is 0.785. The molecule has 0 aromatic heterocycles. The van der Waals surface area contributed by atoms with E-state index in [0.29, 0.717) is 12.5 Å². The van der Waals surface area contributed by atoms with E-state index in [1.807, 2.05) is 32.9 Å². The van der Waals surface area contributed by atoms with Crippen LogP contribution in [0.4, 0.5) is 10.5 Å². The molecule has 0 saturated carbocycles. The minimum Gasteiger partial charge on any atom is -0.444 e. The van der Waals surface area contributed by atoms with Crippen molar-refractivity contribution in [3.8, 4) is 0 Å². The number of nitrogens with two attached hydrogens (primary N) is 1. The van der Waals surface area contributed by atoms with E-state index in [1.54, 1.807) is 0 Å². The maximum absolute atomic E-state index is 11.6. The largest absolute Gasteiger partial charge is 0.444 e. The molecule has 4 heteroatoms. The zero-order valence-electron chi connectivity index (χ0n) is 13.6. The summed E-state index contributed by atoms with van der Waals surface area (Å²) in [5.41, 5.74) is 7.32. The highest BCUT2D eigenvalue weighted by atomic mass is 16.6. The van der Waals surface area contributed by atoms with Crippen LogP contribution in [0.5, 0.6) is 0 Å². The van der Waals surface area contributed by atoms with E-state index in [-0.39, 0.29) is 6.09 Å². The summed E-state index contributed by atoms with van der Waals surface area (Å²) in [6.07, 6.45) is 2.69. The average Bonchev–Trinajstić information content (AvgIpc) is 2.38. The van der Waals surface area contributed by atoms with Crippen LogP contribution in [0.25, 0.3) is 0 Å². The van der Waals surface area contributed by atoms with Crippen molar-refractivity contribution in [1.29, 1.82) is 0 Å². The number of nitrogens with one attached hydrogen (secondary N) is 1. The van der Waals surface area contributed by atoms with Gasteiger partial charge in [0, 0.05) is 12.2 Å². The van der Waals surface area contributed by atoms with Gasteiger partial charge in [-0.05, 0) is 57.2 Å². The first-order valence-electron chi connectivity index (χ1n) is 7.61. The molecular formula is C17H28N2O2. The highest BCUT2D eigenvalue weighted by Crippen LogP contribution is 2.16. The number of rotatable bonds is 6. The molecule has 1 aromatic carbocycles. The third kappa shape index (κ3) is 7.59. The second-order valence-electron chi connectivity index (χ2n) is 6.44. The Hall–Kier alpha value is -1.71. The fourth-order valence-corrected chi connectivity index (χ4v) is 2.13. The molecule has 0 spiro atoms. The fourth-order valence-electron chi connectivity index (χ4n) is 2.13. The van der Waals surface area contributed by atoms with E-state index < -0.39 is 5.60 Å². The smallest absolute Gasteiger partial charge is 0.407 e. The SMILES string of the molecule is CCC(CCNC(=O)OC(C)(C)C)Cc1ccc(N)cc1. The molecule has 0 fully saturated rings. The van der Waals surface area contributed by atoms with E-state index in [1.165, 1.54) is 5.56 Å². The summed E-state index contributed by atoms with van der Waals surface area (Å²) in [4.78, 5) is 11.6. The van der Waals surface area contributed by atoms with Crippen molar-refractivity contribution >= 4 is 11.8 Å². The number of hydrogen-bond acceptors (Lipinski definition) is 3. The molecule has 118 valence electrons. The number of nitrogen functional groups attached to an aromatic ring is 1. The van der Waals surface area contributed by atoms with Crippen molar-refractivity contribution in [1.82, 2.24) is 5.32 Å². The van der Waals surface area contributed by atoms with E-state index in [0.717, 1.165) is 24.9 Å². The van der Waals surface area contributed by atoms with Gasteiger partial charge in [0.25, 0.3) is 0 Å². The third-order valence-corrected chi connectivity index (χ3v) is 3.30. The van der Waals surface area contributed by atoms with Crippen molar-refractivity contribution < 1.29 is 9.53 Å². The molecule has 0 aliphatic rings. The number of hydrogen-bond donors (Lipinski definition) is 2. The summed E-state index contributed by atoms with van der Waals surface area (Å²) in [5.74, 6) is 0.545. The van der Waals surface area contributed by atoms with Crippen molar-refractivity contribution in [2.75, 3.05) is 12.3 Å². The monoisotopic (exact) mass is 292 g/mol. The lowest BCUT2D eigenvalue weighted by Gasteiger charge is -2.20. The van der Waals surface area contributed by atoms with Crippen LogP contribution in [0.2, 0.25) is 0 Å². The lowest BCUT2D eigenvalue weighted by atomic mass is 9.94. The fraction of sp³-hybridized carbons (Fsp3) is 0.588. The summed E-state index contributed by atoms with van der Waals surface area (Å²) in [6.45, 7) is 8.41. The Morgan fingerprint density at radius 2 is 1.90 bits per heavy atom. The Balaban J connectivity index is 2.34. The highest BCUT2D eigenvalue weighted by molar-refractivity contribution is 5.67. The first-order chi connectivity index (χ1) is 9.80. The lowest BCUT2D eigenvalue weighted by molar-refractivity contribution is 0.0525. The molecule has 0 bridgehead atoms. The van der Waals surface area contributed by atoms with Gasteiger partial charge in [0.05, 0.1) is 0 Å². The van der Waals surface area contributed by atoms with E-state index in [4.69, 9.17) is 10.5 Å². The number of alkyl carbamates (subject to hydrolysis) is 1. The number of benzene rings is 1. The first-order valence-corrected chi connectivity index (χ1v) is 7.61. The van der Waals surface area contributed by atoms with Crippen molar-refractivity contribution in [2.24, 2.45) is 5.92 Å². The molecule has 0 radical (unpaired) electrons. The topological polar surface area (TPSA) is 64.3 Å². The zero-order chi connectivity index (χ0) is 15.9. The molecule has 1 rings (SSSR count). The van der Waals surface area contributed by atoms with Crippen LogP contribution in [0, 0.1) is 5.92 Å². The number of carbonyl (C=O) groups excluding carboxylic acids is 1. The Kier molecular flexibility index (Phi) is 6.53. The molecule has 21 heavy (non-hydrogen) atoms. The van der Waals surface area contributed by atoms with Gasteiger partial charge < -0.3 is 15.8 Å². The Labute approximate surface area is 128 Å². The van der Waals surface area contributed by atoms with Crippen LogP contribution in [-0.4, -0.2) is 18.2 Å². The predicted molar refractivity (Wildman–Crippen MR) is 87.2 cm³/mol. The van der Waals surface area contributed by atoms with Gasteiger partial charge in [0.2, 0.25) is 0 Å². The van der Waals surface area contributed by atoms with Crippen LogP contribution in [0.3, 0.4) is 0 Å². The van der Waals surface area contributed by atoms with E-state index >= 15 is 0 Å². The highest BCUT2D eigenvalue weighted by Gasteiger charge is 2.16. The normalized spacial score (nSPS) is 12.8. The van der Waals surface area contributed by atoms with Crippen LogP contribution in [0.15, 0.2) is 24.3 Å².